The lowest BCUT2D eigenvalue weighted by molar-refractivity contribution is 0.941. The Hall–Kier alpha value is -1.43. The summed E-state index contributed by atoms with van der Waals surface area (Å²) in [5, 5.41) is 1.08. The number of aryl methyl sites for hydroxylation is 2. The third-order valence-corrected chi connectivity index (χ3v) is 7.45. The van der Waals surface area contributed by atoms with Crippen molar-refractivity contribution in [3.63, 3.8) is 0 Å². The first-order chi connectivity index (χ1) is 10.7. The number of nitrogen functional groups attached to an aromatic ring is 1. The Bertz CT molecular complexity index is 904. The van der Waals surface area contributed by atoms with E-state index in [-0.39, 0.29) is 0 Å². The van der Waals surface area contributed by atoms with Crippen molar-refractivity contribution >= 4 is 59.3 Å². The van der Waals surface area contributed by atoms with E-state index in [0.717, 1.165) is 16.2 Å². The number of thiazole rings is 1. The van der Waals surface area contributed by atoms with Crippen molar-refractivity contribution in [2.75, 3.05) is 5.73 Å². The molecule has 0 radical (unpaired) electrons. The molecule has 2 nitrogen and oxygen atoms in total. The lowest BCUT2D eigenvalue weighted by Crippen LogP contribution is -1.86. The summed E-state index contributed by atoms with van der Waals surface area (Å²) in [5.41, 5.74) is 9.04. The van der Waals surface area contributed by atoms with Gasteiger partial charge in [-0.15, -0.1) is 34.0 Å². The maximum absolute atomic E-state index is 6.07. The molecule has 0 spiro atoms. The molecule has 1 aromatic carbocycles. The highest BCUT2D eigenvalue weighted by Crippen LogP contribution is 2.42. The molecular formula is C17H16N2S3. The Morgan fingerprint density at radius 1 is 1.09 bits per heavy atom. The Morgan fingerprint density at radius 3 is 2.64 bits per heavy atom. The van der Waals surface area contributed by atoms with E-state index in [1.54, 1.807) is 11.3 Å². The molecule has 0 aliphatic carbocycles. The van der Waals surface area contributed by atoms with Gasteiger partial charge in [0.15, 0.2) is 0 Å². The van der Waals surface area contributed by atoms with Crippen LogP contribution in [-0.2, 0) is 6.42 Å². The fourth-order valence-electron chi connectivity index (χ4n) is 2.62. The average Bonchev–Trinajstić information content (AvgIpc) is 3.15. The molecule has 0 amide bonds. The number of aromatic nitrogens is 1. The number of benzene rings is 1. The minimum absolute atomic E-state index is 0.770. The highest BCUT2D eigenvalue weighted by Gasteiger charge is 2.14. The summed E-state index contributed by atoms with van der Waals surface area (Å²) in [5.74, 6) is 0. The summed E-state index contributed by atoms with van der Waals surface area (Å²) in [7, 11) is 0. The Kier molecular flexibility index (Phi) is 3.44. The quantitative estimate of drug-likeness (QED) is 0.457. The molecule has 0 fully saturated rings. The monoisotopic (exact) mass is 344 g/mol. The van der Waals surface area contributed by atoms with E-state index in [4.69, 9.17) is 10.7 Å². The van der Waals surface area contributed by atoms with Gasteiger partial charge in [-0.25, -0.2) is 4.98 Å². The van der Waals surface area contributed by atoms with Crippen molar-refractivity contribution in [1.29, 1.82) is 0 Å². The fraction of sp³-hybridized carbons (Fsp3) is 0.235. The summed E-state index contributed by atoms with van der Waals surface area (Å²) in [6.45, 7) is 4.35. The number of nitrogens with zero attached hydrogens (tertiary/aromatic N) is 1. The van der Waals surface area contributed by atoms with Crippen LogP contribution < -0.4 is 5.73 Å². The van der Waals surface area contributed by atoms with Crippen LogP contribution in [0.25, 0.3) is 29.5 Å². The SMILES string of the molecule is CCCc1cc2sc(-c3nc4c(N)ccc(C)c4s3)cc2s1. The Balaban J connectivity index is 1.82. The van der Waals surface area contributed by atoms with Crippen LogP contribution in [0.5, 0.6) is 0 Å². The molecule has 4 aromatic rings. The smallest absolute Gasteiger partial charge is 0.134 e. The Labute approximate surface area is 141 Å². The van der Waals surface area contributed by atoms with Crippen LogP contribution in [0.1, 0.15) is 23.8 Å². The van der Waals surface area contributed by atoms with Crippen molar-refractivity contribution < 1.29 is 0 Å². The average molecular weight is 345 g/mol. The van der Waals surface area contributed by atoms with Gasteiger partial charge in [-0.1, -0.05) is 19.4 Å². The molecule has 3 heterocycles. The van der Waals surface area contributed by atoms with Crippen molar-refractivity contribution in [1.82, 2.24) is 4.98 Å². The zero-order valence-electron chi connectivity index (χ0n) is 12.5. The number of fused-ring (bicyclic) bond motifs is 2. The first kappa shape index (κ1) is 14.2. The van der Waals surface area contributed by atoms with E-state index in [1.807, 2.05) is 28.7 Å². The lowest BCUT2D eigenvalue weighted by Gasteiger charge is -1.96. The topological polar surface area (TPSA) is 38.9 Å². The molecule has 0 atom stereocenters. The molecule has 0 unspecified atom stereocenters. The second kappa shape index (κ2) is 5.33. The van der Waals surface area contributed by atoms with E-state index >= 15 is 0 Å². The van der Waals surface area contributed by atoms with E-state index in [1.165, 1.54) is 42.3 Å². The minimum Gasteiger partial charge on any atom is -0.397 e. The largest absolute Gasteiger partial charge is 0.397 e. The third kappa shape index (κ3) is 2.24. The summed E-state index contributed by atoms with van der Waals surface area (Å²) in [6, 6.07) is 8.65. The molecule has 0 saturated heterocycles. The predicted molar refractivity (Wildman–Crippen MR) is 101 cm³/mol. The third-order valence-electron chi connectivity index (χ3n) is 3.74. The molecule has 5 heteroatoms. The number of thiophene rings is 2. The van der Waals surface area contributed by atoms with Gasteiger partial charge in [-0.2, -0.15) is 0 Å². The van der Waals surface area contributed by atoms with Gasteiger partial charge < -0.3 is 5.73 Å². The number of anilines is 1. The van der Waals surface area contributed by atoms with E-state index in [2.05, 4.69) is 32.0 Å². The zero-order valence-corrected chi connectivity index (χ0v) is 14.9. The molecule has 22 heavy (non-hydrogen) atoms. The van der Waals surface area contributed by atoms with Gasteiger partial charge in [0.25, 0.3) is 0 Å². The van der Waals surface area contributed by atoms with Gasteiger partial charge in [0.2, 0.25) is 0 Å². The van der Waals surface area contributed by atoms with Crippen LogP contribution >= 0.6 is 34.0 Å². The van der Waals surface area contributed by atoms with Crippen molar-refractivity contribution in [2.24, 2.45) is 0 Å². The molecule has 0 saturated carbocycles. The van der Waals surface area contributed by atoms with E-state index in [9.17, 15) is 0 Å². The zero-order chi connectivity index (χ0) is 15.3. The molecule has 2 N–H and O–H groups in total. The normalized spacial score (nSPS) is 11.7. The van der Waals surface area contributed by atoms with Gasteiger partial charge in [0.05, 0.1) is 15.3 Å². The lowest BCUT2D eigenvalue weighted by atomic mass is 10.2. The molecule has 0 bridgehead atoms. The van der Waals surface area contributed by atoms with Crippen molar-refractivity contribution in [2.45, 2.75) is 26.7 Å². The van der Waals surface area contributed by atoms with Crippen LogP contribution in [-0.4, -0.2) is 4.98 Å². The van der Waals surface area contributed by atoms with Crippen LogP contribution in [0.3, 0.4) is 0 Å². The molecule has 112 valence electrons. The molecule has 4 rings (SSSR count). The predicted octanol–water partition coefficient (Wildman–Crippen LogP) is 6.08. The molecule has 0 aliphatic heterocycles. The Morgan fingerprint density at radius 2 is 1.91 bits per heavy atom. The minimum atomic E-state index is 0.770. The standard InChI is InChI=1S/C17H16N2S3/c1-3-4-10-7-12-13(20-10)8-14(21-12)17-19-15-11(18)6-5-9(2)16(15)22-17/h5-8H,3-4,18H2,1-2H3. The van der Waals surface area contributed by atoms with Gasteiger partial charge in [0, 0.05) is 14.3 Å². The summed E-state index contributed by atoms with van der Waals surface area (Å²) < 4.78 is 3.97. The second-order valence-corrected chi connectivity index (χ2v) is 8.72. The maximum Gasteiger partial charge on any atom is 0.134 e. The number of rotatable bonds is 3. The maximum atomic E-state index is 6.07. The van der Waals surface area contributed by atoms with E-state index in [0.29, 0.717) is 0 Å². The first-order valence-electron chi connectivity index (χ1n) is 7.34. The molecule has 0 aliphatic rings. The van der Waals surface area contributed by atoms with Crippen LogP contribution in [0.15, 0.2) is 24.3 Å². The van der Waals surface area contributed by atoms with Gasteiger partial charge in [0.1, 0.15) is 10.5 Å². The highest BCUT2D eigenvalue weighted by atomic mass is 32.1. The summed E-state index contributed by atoms with van der Waals surface area (Å²) >= 11 is 5.50. The van der Waals surface area contributed by atoms with E-state index < -0.39 is 0 Å². The van der Waals surface area contributed by atoms with Crippen LogP contribution in [0.2, 0.25) is 0 Å². The van der Waals surface area contributed by atoms with Crippen LogP contribution in [0.4, 0.5) is 5.69 Å². The molecule has 3 aromatic heterocycles. The second-order valence-electron chi connectivity index (χ2n) is 5.47. The van der Waals surface area contributed by atoms with Gasteiger partial charge >= 0.3 is 0 Å². The van der Waals surface area contributed by atoms with Crippen molar-refractivity contribution in [3.8, 4) is 9.88 Å². The number of hydrogen-bond donors (Lipinski definition) is 1. The summed E-state index contributed by atoms with van der Waals surface area (Å²) in [6.07, 6.45) is 2.38. The highest BCUT2D eigenvalue weighted by molar-refractivity contribution is 7.32. The summed E-state index contributed by atoms with van der Waals surface area (Å²) in [4.78, 5) is 7.53. The molecular weight excluding hydrogens is 328 g/mol. The van der Waals surface area contributed by atoms with Gasteiger partial charge in [-0.3, -0.25) is 0 Å². The van der Waals surface area contributed by atoms with Gasteiger partial charge in [-0.05, 0) is 37.1 Å². The van der Waals surface area contributed by atoms with Crippen molar-refractivity contribution in [3.05, 3.63) is 34.7 Å². The number of hydrogen-bond acceptors (Lipinski definition) is 5. The van der Waals surface area contributed by atoms with Crippen LogP contribution in [0, 0.1) is 6.92 Å². The fourth-order valence-corrected chi connectivity index (χ4v) is 6.26. The number of nitrogens with two attached hydrogens (primary N) is 1. The first-order valence-corrected chi connectivity index (χ1v) is 9.79.